The van der Waals surface area contributed by atoms with E-state index < -0.39 is 0 Å². The van der Waals surface area contributed by atoms with Crippen molar-refractivity contribution in [1.29, 1.82) is 0 Å². The number of aryl methyl sites for hydroxylation is 1. The van der Waals surface area contributed by atoms with Crippen molar-refractivity contribution < 1.29 is 0 Å². The van der Waals surface area contributed by atoms with Crippen molar-refractivity contribution in [2.75, 3.05) is 13.1 Å². The normalized spacial score (nSPS) is 10.3. The maximum atomic E-state index is 5.46. The molecule has 0 aliphatic rings. The van der Waals surface area contributed by atoms with Crippen LogP contribution in [0.3, 0.4) is 0 Å². The Morgan fingerprint density at radius 3 is 1.77 bits per heavy atom. The molecule has 0 heterocycles. The molecule has 0 saturated heterocycles. The van der Waals surface area contributed by atoms with Crippen molar-refractivity contribution in [3.63, 3.8) is 0 Å². The highest BCUT2D eigenvalue weighted by molar-refractivity contribution is 5.22. The Hall–Kier alpha value is -0.860. The Morgan fingerprint density at radius 1 is 0.769 bits per heavy atom. The lowest BCUT2D eigenvalue weighted by atomic mass is 10.1. The van der Waals surface area contributed by atoms with Crippen LogP contribution in [0.4, 0.5) is 0 Å². The van der Waals surface area contributed by atoms with Crippen LogP contribution in [0.1, 0.15) is 17.5 Å². The van der Waals surface area contributed by atoms with Crippen molar-refractivity contribution in [3.05, 3.63) is 35.4 Å². The number of benzene rings is 1. The number of hydrogen-bond donors (Lipinski definition) is 2. The van der Waals surface area contributed by atoms with Gasteiger partial charge in [-0.2, -0.15) is 0 Å². The zero-order valence-corrected chi connectivity index (χ0v) is 8.00. The minimum absolute atomic E-state index is 0.724. The number of hydrogen-bond acceptors (Lipinski definition) is 2. The average Bonchev–Trinajstić information content (AvgIpc) is 2.17. The summed E-state index contributed by atoms with van der Waals surface area (Å²) in [6, 6.07) is 8.64. The summed E-state index contributed by atoms with van der Waals surface area (Å²) in [7, 11) is 0. The first-order valence-corrected chi connectivity index (χ1v) is 4.84. The molecule has 0 aliphatic carbocycles. The highest BCUT2D eigenvalue weighted by Gasteiger charge is 1.93. The van der Waals surface area contributed by atoms with Gasteiger partial charge in [0.25, 0.3) is 0 Å². The molecule has 13 heavy (non-hydrogen) atoms. The SMILES string of the molecule is NCCCc1ccc(CCN)cc1. The molecule has 4 N–H and O–H groups in total. The van der Waals surface area contributed by atoms with E-state index in [-0.39, 0.29) is 0 Å². The molecule has 1 rings (SSSR count). The van der Waals surface area contributed by atoms with E-state index in [1.165, 1.54) is 11.1 Å². The molecule has 0 radical (unpaired) electrons. The van der Waals surface area contributed by atoms with Crippen LogP contribution in [0.2, 0.25) is 0 Å². The molecule has 0 amide bonds. The molecule has 2 heteroatoms. The molecule has 0 bridgehead atoms. The van der Waals surface area contributed by atoms with Gasteiger partial charge in [-0.1, -0.05) is 24.3 Å². The molecule has 0 aliphatic heterocycles. The maximum absolute atomic E-state index is 5.46. The van der Waals surface area contributed by atoms with Gasteiger partial charge in [-0.15, -0.1) is 0 Å². The van der Waals surface area contributed by atoms with E-state index in [4.69, 9.17) is 11.5 Å². The fourth-order valence-electron chi connectivity index (χ4n) is 1.35. The zero-order chi connectivity index (χ0) is 9.52. The summed E-state index contributed by atoms with van der Waals surface area (Å²) in [5.74, 6) is 0. The molecule has 1 aromatic rings. The molecule has 0 saturated carbocycles. The Kier molecular flexibility index (Phi) is 4.50. The first kappa shape index (κ1) is 10.2. The highest BCUT2D eigenvalue weighted by Crippen LogP contribution is 2.06. The molecule has 0 aromatic heterocycles. The fourth-order valence-corrected chi connectivity index (χ4v) is 1.35. The van der Waals surface area contributed by atoms with E-state index in [0.29, 0.717) is 0 Å². The Morgan fingerprint density at radius 2 is 1.31 bits per heavy atom. The minimum atomic E-state index is 0.724. The first-order valence-electron chi connectivity index (χ1n) is 4.84. The van der Waals surface area contributed by atoms with Crippen molar-refractivity contribution in [1.82, 2.24) is 0 Å². The van der Waals surface area contributed by atoms with Gasteiger partial charge in [-0.3, -0.25) is 0 Å². The van der Waals surface area contributed by atoms with Gasteiger partial charge < -0.3 is 11.5 Å². The third-order valence-corrected chi connectivity index (χ3v) is 2.13. The van der Waals surface area contributed by atoms with Crippen LogP contribution < -0.4 is 11.5 Å². The van der Waals surface area contributed by atoms with Gasteiger partial charge in [-0.25, -0.2) is 0 Å². The molecular weight excluding hydrogens is 160 g/mol. The summed E-state index contributed by atoms with van der Waals surface area (Å²) >= 11 is 0. The lowest BCUT2D eigenvalue weighted by Crippen LogP contribution is -2.03. The molecule has 0 spiro atoms. The third kappa shape index (κ3) is 3.57. The molecule has 72 valence electrons. The van der Waals surface area contributed by atoms with E-state index in [0.717, 1.165) is 32.4 Å². The van der Waals surface area contributed by atoms with E-state index in [1.807, 2.05) is 0 Å². The van der Waals surface area contributed by atoms with Gasteiger partial charge in [0.05, 0.1) is 0 Å². The van der Waals surface area contributed by atoms with E-state index >= 15 is 0 Å². The maximum Gasteiger partial charge on any atom is -0.00367 e. The molecular formula is C11H18N2. The summed E-state index contributed by atoms with van der Waals surface area (Å²) < 4.78 is 0. The van der Waals surface area contributed by atoms with Gasteiger partial charge in [0, 0.05) is 0 Å². The van der Waals surface area contributed by atoms with Crippen molar-refractivity contribution >= 4 is 0 Å². The summed E-state index contributed by atoms with van der Waals surface area (Å²) in [6.45, 7) is 1.49. The average molecular weight is 178 g/mol. The summed E-state index contributed by atoms with van der Waals surface area (Å²) in [4.78, 5) is 0. The van der Waals surface area contributed by atoms with Crippen LogP contribution in [0.15, 0.2) is 24.3 Å². The van der Waals surface area contributed by atoms with Gasteiger partial charge in [-0.05, 0) is 43.5 Å². The Balaban J connectivity index is 2.48. The highest BCUT2D eigenvalue weighted by atomic mass is 14.5. The summed E-state index contributed by atoms with van der Waals surface area (Å²) in [5, 5.41) is 0. The molecule has 1 aromatic carbocycles. The van der Waals surface area contributed by atoms with Crippen LogP contribution in [0, 0.1) is 0 Å². The van der Waals surface area contributed by atoms with Crippen LogP contribution in [-0.2, 0) is 12.8 Å². The largest absolute Gasteiger partial charge is 0.330 e. The van der Waals surface area contributed by atoms with Gasteiger partial charge in [0.15, 0.2) is 0 Å². The van der Waals surface area contributed by atoms with Gasteiger partial charge in [0.1, 0.15) is 0 Å². The predicted molar refractivity (Wildman–Crippen MR) is 56.6 cm³/mol. The lowest BCUT2D eigenvalue weighted by Gasteiger charge is -2.02. The molecule has 0 unspecified atom stereocenters. The number of nitrogens with two attached hydrogens (primary N) is 2. The number of rotatable bonds is 5. The Bertz CT molecular complexity index is 228. The van der Waals surface area contributed by atoms with Gasteiger partial charge >= 0.3 is 0 Å². The van der Waals surface area contributed by atoms with Crippen LogP contribution in [0.25, 0.3) is 0 Å². The minimum Gasteiger partial charge on any atom is -0.330 e. The lowest BCUT2D eigenvalue weighted by molar-refractivity contribution is 0.831. The van der Waals surface area contributed by atoms with Crippen LogP contribution in [-0.4, -0.2) is 13.1 Å². The molecule has 2 nitrogen and oxygen atoms in total. The van der Waals surface area contributed by atoms with E-state index in [9.17, 15) is 0 Å². The quantitative estimate of drug-likeness (QED) is 0.709. The van der Waals surface area contributed by atoms with Crippen molar-refractivity contribution in [3.8, 4) is 0 Å². The zero-order valence-electron chi connectivity index (χ0n) is 8.00. The standard InChI is InChI=1S/C11H18N2/c12-8-1-2-10-3-5-11(6-4-10)7-9-13/h3-6H,1-2,7-9,12-13H2. The van der Waals surface area contributed by atoms with Crippen LogP contribution >= 0.6 is 0 Å². The van der Waals surface area contributed by atoms with Gasteiger partial charge in [0.2, 0.25) is 0 Å². The summed E-state index contributed by atoms with van der Waals surface area (Å²) in [5.41, 5.74) is 13.6. The molecule has 0 atom stereocenters. The monoisotopic (exact) mass is 178 g/mol. The summed E-state index contributed by atoms with van der Waals surface area (Å²) in [6.07, 6.45) is 3.12. The third-order valence-electron chi connectivity index (χ3n) is 2.13. The second-order valence-electron chi connectivity index (χ2n) is 3.25. The van der Waals surface area contributed by atoms with Crippen molar-refractivity contribution in [2.24, 2.45) is 11.5 Å². The first-order chi connectivity index (χ1) is 6.36. The van der Waals surface area contributed by atoms with E-state index in [1.54, 1.807) is 0 Å². The fraction of sp³-hybridized carbons (Fsp3) is 0.455. The van der Waals surface area contributed by atoms with Crippen molar-refractivity contribution in [2.45, 2.75) is 19.3 Å². The van der Waals surface area contributed by atoms with E-state index in [2.05, 4.69) is 24.3 Å². The Labute approximate surface area is 79.9 Å². The smallest absolute Gasteiger partial charge is 0.00367 e. The van der Waals surface area contributed by atoms with Crippen LogP contribution in [0.5, 0.6) is 0 Å². The second-order valence-corrected chi connectivity index (χ2v) is 3.25. The molecule has 0 fully saturated rings. The topological polar surface area (TPSA) is 52.0 Å². The predicted octanol–water partition coefficient (Wildman–Crippen LogP) is 1.08. The second kappa shape index (κ2) is 5.73.